The van der Waals surface area contributed by atoms with Crippen LogP contribution in [0.25, 0.3) is 110 Å². The van der Waals surface area contributed by atoms with Gasteiger partial charge in [-0.2, -0.15) is 0 Å². The van der Waals surface area contributed by atoms with Crippen LogP contribution in [0.15, 0.2) is 265 Å². The molecule has 68 heavy (non-hydrogen) atoms. The Balaban J connectivity index is 0.948. The zero-order chi connectivity index (χ0) is 45.0. The molecular formula is C66H43NO. The smallest absolute Gasteiger partial charge is 0.143 e. The lowest BCUT2D eigenvalue weighted by atomic mass is 9.93. The molecule has 0 atom stereocenters. The summed E-state index contributed by atoms with van der Waals surface area (Å²) in [7, 11) is 0. The van der Waals surface area contributed by atoms with Crippen LogP contribution in [0.2, 0.25) is 0 Å². The lowest BCUT2D eigenvalue weighted by Gasteiger charge is -2.26. The number of anilines is 3. The van der Waals surface area contributed by atoms with Crippen LogP contribution in [-0.2, 0) is 0 Å². The summed E-state index contributed by atoms with van der Waals surface area (Å²) in [5.41, 5.74) is 16.8. The van der Waals surface area contributed by atoms with Crippen LogP contribution in [0.1, 0.15) is 0 Å². The molecular weight excluding hydrogens is 823 g/mol. The lowest BCUT2D eigenvalue weighted by molar-refractivity contribution is 0.673. The third kappa shape index (κ3) is 6.90. The third-order valence-corrected chi connectivity index (χ3v) is 13.6. The number of fused-ring (bicyclic) bond motifs is 8. The summed E-state index contributed by atoms with van der Waals surface area (Å²) < 4.78 is 6.64. The fraction of sp³-hybridized carbons (Fsp3) is 0. The first-order valence-corrected chi connectivity index (χ1v) is 23.3. The van der Waals surface area contributed by atoms with E-state index in [2.05, 4.69) is 266 Å². The Morgan fingerprint density at radius 1 is 0.250 bits per heavy atom. The quantitative estimate of drug-likeness (QED) is 0.142. The fourth-order valence-corrected chi connectivity index (χ4v) is 10.3. The van der Waals surface area contributed by atoms with E-state index in [9.17, 15) is 0 Å². The highest BCUT2D eigenvalue weighted by Gasteiger charge is 2.19. The third-order valence-electron chi connectivity index (χ3n) is 13.6. The molecule has 0 bridgehead atoms. The van der Waals surface area contributed by atoms with Gasteiger partial charge in [-0.05, 0) is 155 Å². The minimum Gasteiger partial charge on any atom is -0.455 e. The summed E-state index contributed by atoms with van der Waals surface area (Å²) in [6.45, 7) is 0. The van der Waals surface area contributed by atoms with Crippen molar-refractivity contribution < 1.29 is 4.42 Å². The second kappa shape index (κ2) is 16.5. The average Bonchev–Trinajstić information content (AvgIpc) is 3.81. The molecule has 0 N–H and O–H groups in total. The Hall–Kier alpha value is -8.98. The van der Waals surface area contributed by atoms with Crippen molar-refractivity contribution in [1.82, 2.24) is 0 Å². The van der Waals surface area contributed by atoms with Crippen LogP contribution < -0.4 is 4.90 Å². The molecule has 0 amide bonds. The lowest BCUT2D eigenvalue weighted by Crippen LogP contribution is -2.10. The summed E-state index contributed by atoms with van der Waals surface area (Å²) >= 11 is 0. The van der Waals surface area contributed by atoms with E-state index in [1.165, 1.54) is 65.9 Å². The normalized spacial score (nSPS) is 11.5. The van der Waals surface area contributed by atoms with Crippen LogP contribution in [0.4, 0.5) is 17.1 Å². The van der Waals surface area contributed by atoms with Gasteiger partial charge in [0, 0.05) is 33.2 Å². The van der Waals surface area contributed by atoms with Gasteiger partial charge < -0.3 is 9.32 Å². The van der Waals surface area contributed by atoms with E-state index in [1.54, 1.807) is 0 Å². The molecule has 0 aliphatic heterocycles. The monoisotopic (exact) mass is 865 g/mol. The Bertz CT molecular complexity index is 3940. The summed E-state index contributed by atoms with van der Waals surface area (Å²) in [6.07, 6.45) is 0. The number of benzene rings is 12. The Kier molecular flexibility index (Phi) is 9.54. The second-order valence-electron chi connectivity index (χ2n) is 17.6. The molecule has 2 heteroatoms. The molecule has 2 nitrogen and oxygen atoms in total. The van der Waals surface area contributed by atoms with Gasteiger partial charge in [0.15, 0.2) is 0 Å². The SMILES string of the molecule is c1ccc(-c2cc(-c3ccccc3)cc(-c3ccc(N(c4ccc(-c5cc6ccccc6c6ccccc56)cc4)c4cccc(-c5cccc6oc7c8ccccc8ccc7c56)c4)cc3)c2)cc1. The summed E-state index contributed by atoms with van der Waals surface area (Å²) in [5.74, 6) is 0. The number of hydrogen-bond donors (Lipinski definition) is 0. The largest absolute Gasteiger partial charge is 0.455 e. The molecule has 1 aromatic heterocycles. The predicted molar refractivity (Wildman–Crippen MR) is 288 cm³/mol. The van der Waals surface area contributed by atoms with Crippen LogP contribution in [0.5, 0.6) is 0 Å². The molecule has 0 saturated carbocycles. The molecule has 12 aromatic carbocycles. The van der Waals surface area contributed by atoms with Crippen molar-refractivity contribution in [3.05, 3.63) is 261 Å². The van der Waals surface area contributed by atoms with Gasteiger partial charge in [0.25, 0.3) is 0 Å². The second-order valence-corrected chi connectivity index (χ2v) is 17.6. The fourth-order valence-electron chi connectivity index (χ4n) is 10.3. The standard InChI is InChI=1S/C66H43NO/c1-3-15-44(16-4-1)51-39-52(45-17-5-2-6-18-45)41-53(40-51)46-29-34-54(35-30-46)67(55-36-31-48(32-37-55)63-43-50-20-8-9-23-57(50)60-25-11-12-26-61(60)63)56-22-13-21-49(42-56)58-27-14-28-64-65(58)62-38-33-47-19-7-10-24-59(47)66(62)68-64/h1-43H. The van der Waals surface area contributed by atoms with Gasteiger partial charge in [0.1, 0.15) is 11.2 Å². The molecule has 0 unspecified atom stereocenters. The molecule has 13 aromatic rings. The predicted octanol–water partition coefficient (Wildman–Crippen LogP) is 18.9. The van der Waals surface area contributed by atoms with Crippen molar-refractivity contribution in [2.75, 3.05) is 4.90 Å². The highest BCUT2D eigenvalue weighted by atomic mass is 16.3. The van der Waals surface area contributed by atoms with Crippen LogP contribution >= 0.6 is 0 Å². The maximum atomic E-state index is 6.64. The first-order valence-electron chi connectivity index (χ1n) is 23.3. The van der Waals surface area contributed by atoms with E-state index in [4.69, 9.17) is 4.42 Å². The van der Waals surface area contributed by atoms with Gasteiger partial charge in [-0.3, -0.25) is 0 Å². The Morgan fingerprint density at radius 3 is 1.46 bits per heavy atom. The summed E-state index contributed by atoms with van der Waals surface area (Å²) in [6, 6.07) is 94.5. The van der Waals surface area contributed by atoms with Gasteiger partial charge >= 0.3 is 0 Å². The van der Waals surface area contributed by atoms with E-state index < -0.39 is 0 Å². The molecule has 13 rings (SSSR count). The number of rotatable bonds is 8. The van der Waals surface area contributed by atoms with Crippen molar-refractivity contribution >= 4 is 71.3 Å². The highest BCUT2D eigenvalue weighted by molar-refractivity contribution is 6.19. The van der Waals surface area contributed by atoms with Gasteiger partial charge in [-0.15, -0.1) is 0 Å². The first kappa shape index (κ1) is 39.4. The minimum absolute atomic E-state index is 0.884. The minimum atomic E-state index is 0.884. The maximum absolute atomic E-state index is 6.64. The molecule has 1 heterocycles. The van der Waals surface area contributed by atoms with Gasteiger partial charge in [-0.1, -0.05) is 188 Å². The Morgan fingerprint density at radius 2 is 0.779 bits per heavy atom. The molecule has 0 fully saturated rings. The van der Waals surface area contributed by atoms with Crippen LogP contribution in [0.3, 0.4) is 0 Å². The Labute approximate surface area is 395 Å². The van der Waals surface area contributed by atoms with Crippen LogP contribution in [-0.4, -0.2) is 0 Å². The average molecular weight is 866 g/mol. The van der Waals surface area contributed by atoms with Crippen molar-refractivity contribution in [2.45, 2.75) is 0 Å². The van der Waals surface area contributed by atoms with Crippen molar-refractivity contribution in [3.63, 3.8) is 0 Å². The molecule has 0 spiro atoms. The summed E-state index contributed by atoms with van der Waals surface area (Å²) in [4.78, 5) is 2.38. The zero-order valence-corrected chi connectivity index (χ0v) is 37.2. The zero-order valence-electron chi connectivity index (χ0n) is 37.2. The molecule has 0 saturated heterocycles. The van der Waals surface area contributed by atoms with Crippen molar-refractivity contribution in [2.24, 2.45) is 0 Å². The van der Waals surface area contributed by atoms with Gasteiger partial charge in [-0.25, -0.2) is 0 Å². The van der Waals surface area contributed by atoms with E-state index in [0.29, 0.717) is 0 Å². The molecule has 318 valence electrons. The number of nitrogens with zero attached hydrogens (tertiary/aromatic N) is 1. The van der Waals surface area contributed by atoms with Crippen molar-refractivity contribution in [1.29, 1.82) is 0 Å². The van der Waals surface area contributed by atoms with Crippen molar-refractivity contribution in [3.8, 4) is 55.6 Å². The van der Waals surface area contributed by atoms with E-state index in [0.717, 1.165) is 61.1 Å². The van der Waals surface area contributed by atoms with E-state index >= 15 is 0 Å². The summed E-state index contributed by atoms with van der Waals surface area (Å²) in [5, 5.41) is 9.57. The molecule has 0 aliphatic rings. The maximum Gasteiger partial charge on any atom is 0.143 e. The highest BCUT2D eigenvalue weighted by Crippen LogP contribution is 2.44. The topological polar surface area (TPSA) is 16.4 Å². The van der Waals surface area contributed by atoms with E-state index in [-0.39, 0.29) is 0 Å². The number of hydrogen-bond acceptors (Lipinski definition) is 2. The number of furan rings is 1. The van der Waals surface area contributed by atoms with Gasteiger partial charge in [0.2, 0.25) is 0 Å². The first-order chi connectivity index (χ1) is 33.7. The van der Waals surface area contributed by atoms with Crippen LogP contribution in [0, 0.1) is 0 Å². The molecule has 0 aliphatic carbocycles. The van der Waals surface area contributed by atoms with E-state index in [1.807, 2.05) is 0 Å². The van der Waals surface area contributed by atoms with Gasteiger partial charge in [0.05, 0.1) is 0 Å². The molecule has 0 radical (unpaired) electrons.